The maximum atomic E-state index is 10.3. The molecule has 5 N–H and O–H groups in total. The fourth-order valence-corrected chi connectivity index (χ4v) is 4.88. The molecule has 0 saturated carbocycles. The molecule has 1 fully saturated rings. The Balaban J connectivity index is 1.58. The Hall–Kier alpha value is -1.21. The third-order valence-corrected chi connectivity index (χ3v) is 6.62. The highest BCUT2D eigenvalue weighted by molar-refractivity contribution is 9.10. The van der Waals surface area contributed by atoms with Crippen molar-refractivity contribution < 1.29 is 20.1 Å². The van der Waals surface area contributed by atoms with Gasteiger partial charge in [-0.15, -0.1) is 11.3 Å². The molecule has 1 unspecified atom stereocenters. The standard InChI is InChI=1S/C15H18BrN5O4S/c16-7-1-2-26-9(7)3-15(17)12-13(18-5-20-15)21(6-19-12)14-11(24)10(23)8(4-22)25-14/h1-2,5,8,10-11,14,22-24H,3-4,6,17H2/t8-,10-,11-,14-,15?/m1/s1. The van der Waals surface area contributed by atoms with Gasteiger partial charge in [0, 0.05) is 15.8 Å². The molecule has 0 radical (unpaired) electrons. The monoisotopic (exact) mass is 443 g/mol. The lowest BCUT2D eigenvalue weighted by atomic mass is 9.98. The van der Waals surface area contributed by atoms with E-state index in [0.717, 1.165) is 9.35 Å². The number of halogens is 1. The van der Waals surface area contributed by atoms with Crippen LogP contribution in [0.15, 0.2) is 30.9 Å². The second-order valence-corrected chi connectivity index (χ2v) is 8.19. The van der Waals surface area contributed by atoms with Crippen LogP contribution in [0.5, 0.6) is 0 Å². The van der Waals surface area contributed by atoms with Crippen LogP contribution in [0, 0.1) is 0 Å². The number of thiophene rings is 1. The molecule has 1 saturated heterocycles. The molecule has 5 atom stereocenters. The summed E-state index contributed by atoms with van der Waals surface area (Å²) in [6.45, 7) is -0.216. The summed E-state index contributed by atoms with van der Waals surface area (Å²) in [5.41, 5.74) is 5.98. The van der Waals surface area contributed by atoms with Gasteiger partial charge < -0.3 is 30.7 Å². The minimum Gasteiger partial charge on any atom is -0.394 e. The second-order valence-electron chi connectivity index (χ2n) is 6.34. The summed E-state index contributed by atoms with van der Waals surface area (Å²) < 4.78 is 6.56. The van der Waals surface area contributed by atoms with E-state index in [-0.39, 0.29) is 6.67 Å². The van der Waals surface area contributed by atoms with Crippen molar-refractivity contribution in [2.45, 2.75) is 36.6 Å². The van der Waals surface area contributed by atoms with E-state index in [9.17, 15) is 15.3 Å². The van der Waals surface area contributed by atoms with Crippen molar-refractivity contribution in [1.29, 1.82) is 0 Å². The van der Waals surface area contributed by atoms with Crippen molar-refractivity contribution in [3.63, 3.8) is 0 Å². The van der Waals surface area contributed by atoms with E-state index < -0.39 is 36.8 Å². The Kier molecular flexibility index (Phi) is 4.72. The molecule has 0 spiro atoms. The van der Waals surface area contributed by atoms with Crippen molar-refractivity contribution in [2.75, 3.05) is 13.3 Å². The summed E-state index contributed by atoms with van der Waals surface area (Å²) in [4.78, 5) is 15.8. The minimum atomic E-state index is -1.19. The topological polar surface area (TPSA) is 136 Å². The molecule has 1 aromatic rings. The molecule has 140 valence electrons. The molecule has 3 aliphatic rings. The van der Waals surface area contributed by atoms with Crippen molar-refractivity contribution in [1.82, 2.24) is 4.90 Å². The molecule has 26 heavy (non-hydrogen) atoms. The average Bonchev–Trinajstić information content (AvgIpc) is 3.29. The van der Waals surface area contributed by atoms with E-state index in [2.05, 4.69) is 30.9 Å². The van der Waals surface area contributed by atoms with Gasteiger partial charge in [0.2, 0.25) is 0 Å². The summed E-state index contributed by atoms with van der Waals surface area (Å²) in [5.74, 6) is 0.463. The molecule has 0 aromatic carbocycles. The largest absolute Gasteiger partial charge is 0.394 e. The lowest BCUT2D eigenvalue weighted by Gasteiger charge is -2.32. The number of hydrogen-bond donors (Lipinski definition) is 4. The first kappa shape index (κ1) is 18.2. The van der Waals surface area contributed by atoms with E-state index in [1.165, 1.54) is 6.34 Å². The fraction of sp³-hybridized carbons (Fsp3) is 0.533. The van der Waals surface area contributed by atoms with E-state index in [1.807, 2.05) is 11.4 Å². The fourth-order valence-electron chi connectivity index (χ4n) is 3.30. The van der Waals surface area contributed by atoms with Crippen LogP contribution in [-0.4, -0.2) is 81.6 Å². The van der Waals surface area contributed by atoms with Crippen molar-refractivity contribution in [2.24, 2.45) is 20.7 Å². The molecule has 1 aromatic heterocycles. The molecule has 4 heterocycles. The molecule has 11 heteroatoms. The maximum absolute atomic E-state index is 10.3. The summed E-state index contributed by atoms with van der Waals surface area (Å²) >= 11 is 5.07. The van der Waals surface area contributed by atoms with Crippen molar-refractivity contribution in [3.05, 3.63) is 20.8 Å². The Morgan fingerprint density at radius 1 is 1.42 bits per heavy atom. The van der Waals surface area contributed by atoms with E-state index >= 15 is 0 Å². The van der Waals surface area contributed by atoms with Crippen molar-refractivity contribution >= 4 is 45.2 Å². The van der Waals surface area contributed by atoms with Crippen LogP contribution in [0.25, 0.3) is 0 Å². The summed E-state index contributed by atoms with van der Waals surface area (Å²) in [5, 5.41) is 31.5. The smallest absolute Gasteiger partial charge is 0.162 e. The predicted molar refractivity (Wildman–Crippen MR) is 100 cm³/mol. The van der Waals surface area contributed by atoms with Crippen LogP contribution in [-0.2, 0) is 11.2 Å². The number of aliphatic hydroxyl groups is 3. The molecule has 4 rings (SSSR count). The number of nitrogens with zero attached hydrogens (tertiary/aromatic N) is 4. The van der Waals surface area contributed by atoms with Gasteiger partial charge in [-0.1, -0.05) is 0 Å². The number of hydrogen-bond acceptors (Lipinski definition) is 10. The number of rotatable bonds is 4. The Morgan fingerprint density at radius 2 is 2.23 bits per heavy atom. The first-order valence-electron chi connectivity index (χ1n) is 8.01. The zero-order chi connectivity index (χ0) is 18.5. The number of amidine groups is 1. The van der Waals surface area contributed by atoms with Gasteiger partial charge in [-0.25, -0.2) is 9.98 Å². The van der Waals surface area contributed by atoms with Gasteiger partial charge in [-0.3, -0.25) is 4.99 Å². The third kappa shape index (κ3) is 2.83. The van der Waals surface area contributed by atoms with Crippen LogP contribution in [0.2, 0.25) is 0 Å². The van der Waals surface area contributed by atoms with Crippen LogP contribution in [0.1, 0.15) is 4.88 Å². The second kappa shape index (κ2) is 6.75. The molecule has 0 aliphatic carbocycles. The third-order valence-electron chi connectivity index (χ3n) is 4.69. The number of aliphatic imine (C=N–C) groups is 3. The number of aliphatic hydroxyl groups excluding tert-OH is 3. The maximum Gasteiger partial charge on any atom is 0.162 e. The quantitative estimate of drug-likeness (QED) is 0.485. The van der Waals surface area contributed by atoms with Crippen LogP contribution < -0.4 is 5.73 Å². The number of fused-ring (bicyclic) bond motifs is 1. The van der Waals surface area contributed by atoms with Crippen molar-refractivity contribution in [3.8, 4) is 0 Å². The van der Waals surface area contributed by atoms with E-state index in [4.69, 9.17) is 10.5 Å². The Bertz CT molecular complexity index is 799. The molecule has 3 aliphatic heterocycles. The lowest BCUT2D eigenvalue weighted by molar-refractivity contribution is -0.0688. The van der Waals surface area contributed by atoms with E-state index in [0.29, 0.717) is 18.0 Å². The minimum absolute atomic E-state index is 0.175. The van der Waals surface area contributed by atoms with Gasteiger partial charge >= 0.3 is 0 Å². The SMILES string of the molecule is NC1(Cc2sccc2Br)N=CN=C2C1=NCN2[C@@H]1O[C@H](CO)[C@@H](O)[C@H]1O. The van der Waals surface area contributed by atoms with E-state index in [1.54, 1.807) is 16.2 Å². The zero-order valence-corrected chi connectivity index (χ0v) is 16.0. The summed E-state index contributed by atoms with van der Waals surface area (Å²) in [7, 11) is 0. The highest BCUT2D eigenvalue weighted by Crippen LogP contribution is 2.32. The van der Waals surface area contributed by atoms with Gasteiger partial charge in [0.05, 0.1) is 6.61 Å². The molecule has 0 bridgehead atoms. The highest BCUT2D eigenvalue weighted by Gasteiger charge is 2.50. The molecule has 9 nitrogen and oxygen atoms in total. The van der Waals surface area contributed by atoms with Crippen LogP contribution in [0.3, 0.4) is 0 Å². The predicted octanol–water partition coefficient (Wildman–Crippen LogP) is -0.698. The first-order chi connectivity index (χ1) is 12.4. The average molecular weight is 444 g/mol. The van der Waals surface area contributed by atoms with Gasteiger partial charge in [0.1, 0.15) is 37.0 Å². The molecular formula is C15H18BrN5O4S. The Labute approximate surface area is 161 Å². The normalized spacial score (nSPS) is 36.3. The van der Waals surface area contributed by atoms with Gasteiger partial charge in [-0.05, 0) is 27.4 Å². The Morgan fingerprint density at radius 3 is 2.88 bits per heavy atom. The highest BCUT2D eigenvalue weighted by atomic mass is 79.9. The zero-order valence-electron chi connectivity index (χ0n) is 13.6. The van der Waals surface area contributed by atoms with Gasteiger partial charge in [0.25, 0.3) is 0 Å². The number of nitrogens with two attached hydrogens (primary N) is 1. The summed E-state index contributed by atoms with van der Waals surface area (Å²) in [6, 6.07) is 1.95. The molecular weight excluding hydrogens is 426 g/mol. The lowest BCUT2D eigenvalue weighted by Crippen LogP contribution is -2.56. The van der Waals surface area contributed by atoms with Gasteiger partial charge in [0.15, 0.2) is 17.7 Å². The number of ether oxygens (including phenoxy) is 1. The molecule has 0 amide bonds. The van der Waals surface area contributed by atoms with Crippen LogP contribution >= 0.6 is 27.3 Å². The van der Waals surface area contributed by atoms with Crippen LogP contribution in [0.4, 0.5) is 0 Å². The summed E-state index contributed by atoms with van der Waals surface area (Å²) in [6.07, 6.45) is -2.27. The first-order valence-corrected chi connectivity index (χ1v) is 9.68. The van der Waals surface area contributed by atoms with Gasteiger partial charge in [-0.2, -0.15) is 0 Å².